The monoisotopic (exact) mass is 244 g/mol. The highest BCUT2D eigenvalue weighted by molar-refractivity contribution is 5.32. The molecule has 0 amide bonds. The van der Waals surface area contributed by atoms with Crippen molar-refractivity contribution in [1.29, 1.82) is 0 Å². The topological polar surface area (TPSA) is 0 Å². The van der Waals surface area contributed by atoms with Gasteiger partial charge in [0.2, 0.25) is 0 Å². The van der Waals surface area contributed by atoms with E-state index in [4.69, 9.17) is 0 Å². The van der Waals surface area contributed by atoms with Crippen LogP contribution in [0.5, 0.6) is 0 Å². The Kier molecular flexibility index (Phi) is 1.97. The zero-order valence-corrected chi connectivity index (χ0v) is 12.5. The van der Waals surface area contributed by atoms with Crippen molar-refractivity contribution in [2.45, 2.75) is 59.8 Å². The highest BCUT2D eigenvalue weighted by Crippen LogP contribution is 2.81. The molecule has 0 aromatic rings. The molecule has 0 heteroatoms. The Labute approximate surface area is 112 Å². The summed E-state index contributed by atoms with van der Waals surface area (Å²) in [6.07, 6.45) is 12.7. The third-order valence-electron chi connectivity index (χ3n) is 7.42. The normalized spacial score (nSPS) is 59.9. The molecule has 4 rings (SSSR count). The Hall–Kier alpha value is -0.260. The van der Waals surface area contributed by atoms with Gasteiger partial charge in [-0.3, -0.25) is 0 Å². The first-order chi connectivity index (χ1) is 8.41. The van der Waals surface area contributed by atoms with Crippen LogP contribution in [0, 0.1) is 39.9 Å². The molecule has 0 saturated heterocycles. The molecule has 0 aliphatic heterocycles. The third-order valence-corrected chi connectivity index (χ3v) is 7.42. The van der Waals surface area contributed by atoms with E-state index in [1.807, 2.05) is 0 Å². The SMILES string of the molecule is CC(C)CC12C3CCC(C)(C3)C1C1C=CC2(C)C1. The zero-order chi connectivity index (χ0) is 12.8. The molecule has 6 unspecified atom stereocenters. The second-order valence-corrected chi connectivity index (χ2v) is 8.85. The van der Waals surface area contributed by atoms with Gasteiger partial charge in [0.15, 0.2) is 0 Å². The highest BCUT2D eigenvalue weighted by Gasteiger charge is 2.74. The van der Waals surface area contributed by atoms with Crippen molar-refractivity contribution in [3.8, 4) is 0 Å². The highest BCUT2D eigenvalue weighted by atomic mass is 14.8. The predicted molar refractivity (Wildman–Crippen MR) is 76.2 cm³/mol. The number of allylic oxidation sites excluding steroid dienone is 2. The van der Waals surface area contributed by atoms with E-state index in [2.05, 4.69) is 39.8 Å². The molecule has 0 aromatic carbocycles. The fraction of sp³-hybridized carbons (Fsp3) is 0.889. The molecule has 0 spiro atoms. The van der Waals surface area contributed by atoms with Crippen LogP contribution < -0.4 is 0 Å². The zero-order valence-electron chi connectivity index (χ0n) is 12.5. The van der Waals surface area contributed by atoms with Crippen LogP contribution in [0.1, 0.15) is 59.8 Å². The van der Waals surface area contributed by atoms with Gasteiger partial charge in [0.05, 0.1) is 0 Å². The standard InChI is InChI=1S/C18H28/c1-12(2)9-18-14-6-7-16(3,11-14)15(18)13-5-8-17(18,4)10-13/h5,8,12-15H,6-7,9-11H2,1-4H3. The van der Waals surface area contributed by atoms with E-state index >= 15 is 0 Å². The Balaban J connectivity index is 1.87. The van der Waals surface area contributed by atoms with Crippen LogP contribution in [-0.2, 0) is 0 Å². The van der Waals surface area contributed by atoms with Gasteiger partial charge in [-0.1, -0.05) is 39.8 Å². The molecular formula is C18H28. The van der Waals surface area contributed by atoms with E-state index in [1.54, 1.807) is 0 Å². The summed E-state index contributed by atoms with van der Waals surface area (Å²) in [5.74, 6) is 3.83. The van der Waals surface area contributed by atoms with Gasteiger partial charge in [-0.05, 0) is 72.0 Å². The smallest absolute Gasteiger partial charge is 0.00785 e. The molecular weight excluding hydrogens is 216 g/mol. The molecule has 18 heavy (non-hydrogen) atoms. The van der Waals surface area contributed by atoms with Crippen molar-refractivity contribution in [3.63, 3.8) is 0 Å². The molecule has 4 aliphatic rings. The molecule has 0 heterocycles. The second kappa shape index (κ2) is 3.07. The summed E-state index contributed by atoms with van der Waals surface area (Å²) < 4.78 is 0. The Bertz CT molecular complexity index is 420. The van der Waals surface area contributed by atoms with Gasteiger partial charge in [0.25, 0.3) is 0 Å². The molecule has 3 saturated carbocycles. The summed E-state index contributed by atoms with van der Waals surface area (Å²) in [5, 5.41) is 0. The maximum absolute atomic E-state index is 2.63. The average molecular weight is 244 g/mol. The average Bonchev–Trinajstić information content (AvgIpc) is 2.92. The van der Waals surface area contributed by atoms with Crippen molar-refractivity contribution in [2.24, 2.45) is 39.9 Å². The maximum Gasteiger partial charge on any atom is -0.00785 e. The molecule has 0 nitrogen and oxygen atoms in total. The van der Waals surface area contributed by atoms with Gasteiger partial charge < -0.3 is 0 Å². The summed E-state index contributed by atoms with van der Waals surface area (Å²) in [5.41, 5.74) is 1.90. The number of rotatable bonds is 2. The Morgan fingerprint density at radius 3 is 2.72 bits per heavy atom. The van der Waals surface area contributed by atoms with Crippen molar-refractivity contribution < 1.29 is 0 Å². The second-order valence-electron chi connectivity index (χ2n) is 8.85. The molecule has 100 valence electrons. The van der Waals surface area contributed by atoms with E-state index in [0.29, 0.717) is 16.2 Å². The minimum Gasteiger partial charge on any atom is -0.0845 e. The van der Waals surface area contributed by atoms with E-state index < -0.39 is 0 Å². The molecule has 0 N–H and O–H groups in total. The van der Waals surface area contributed by atoms with E-state index in [9.17, 15) is 0 Å². The summed E-state index contributed by atoms with van der Waals surface area (Å²) >= 11 is 0. The van der Waals surface area contributed by atoms with Gasteiger partial charge in [-0.15, -0.1) is 0 Å². The lowest BCUT2D eigenvalue weighted by atomic mass is 9.51. The first-order valence-electron chi connectivity index (χ1n) is 8.11. The van der Waals surface area contributed by atoms with Gasteiger partial charge in [0, 0.05) is 0 Å². The van der Waals surface area contributed by atoms with Gasteiger partial charge in [-0.25, -0.2) is 0 Å². The van der Waals surface area contributed by atoms with Crippen LogP contribution in [-0.4, -0.2) is 0 Å². The van der Waals surface area contributed by atoms with Gasteiger partial charge >= 0.3 is 0 Å². The molecule has 4 bridgehead atoms. The van der Waals surface area contributed by atoms with Crippen LogP contribution in [0.2, 0.25) is 0 Å². The van der Waals surface area contributed by atoms with Crippen molar-refractivity contribution in [1.82, 2.24) is 0 Å². The van der Waals surface area contributed by atoms with Crippen LogP contribution >= 0.6 is 0 Å². The Morgan fingerprint density at radius 1 is 1.22 bits per heavy atom. The lowest BCUT2D eigenvalue weighted by molar-refractivity contribution is -0.0270. The van der Waals surface area contributed by atoms with Crippen LogP contribution in [0.15, 0.2) is 12.2 Å². The van der Waals surface area contributed by atoms with E-state index in [-0.39, 0.29) is 0 Å². The molecule has 0 aromatic heterocycles. The fourth-order valence-corrected chi connectivity index (χ4v) is 7.33. The molecule has 0 radical (unpaired) electrons. The van der Waals surface area contributed by atoms with Gasteiger partial charge in [0.1, 0.15) is 0 Å². The van der Waals surface area contributed by atoms with Crippen LogP contribution in [0.3, 0.4) is 0 Å². The number of hydrogen-bond acceptors (Lipinski definition) is 0. The maximum atomic E-state index is 2.63. The molecule has 6 atom stereocenters. The first-order valence-corrected chi connectivity index (χ1v) is 8.11. The largest absolute Gasteiger partial charge is 0.0845 e. The summed E-state index contributed by atoms with van der Waals surface area (Å²) in [7, 11) is 0. The summed E-state index contributed by atoms with van der Waals surface area (Å²) in [6.45, 7) is 10.1. The molecule has 4 aliphatic carbocycles. The third kappa shape index (κ3) is 1.03. The molecule has 3 fully saturated rings. The van der Waals surface area contributed by atoms with Gasteiger partial charge in [-0.2, -0.15) is 0 Å². The van der Waals surface area contributed by atoms with Crippen molar-refractivity contribution in [2.75, 3.05) is 0 Å². The van der Waals surface area contributed by atoms with Crippen LogP contribution in [0.25, 0.3) is 0 Å². The predicted octanol–water partition coefficient (Wildman–Crippen LogP) is 5.05. The van der Waals surface area contributed by atoms with E-state index in [1.165, 1.54) is 32.1 Å². The van der Waals surface area contributed by atoms with E-state index in [0.717, 1.165) is 23.7 Å². The lowest BCUT2D eigenvalue weighted by Crippen LogP contribution is -2.47. The number of hydrogen-bond donors (Lipinski definition) is 0. The lowest BCUT2D eigenvalue weighted by Gasteiger charge is -2.53. The summed E-state index contributed by atoms with van der Waals surface area (Å²) in [6, 6.07) is 0. The van der Waals surface area contributed by atoms with Crippen molar-refractivity contribution >= 4 is 0 Å². The minimum atomic E-state index is 0.537. The first kappa shape index (κ1) is 11.6. The quantitative estimate of drug-likeness (QED) is 0.471. The fourth-order valence-electron chi connectivity index (χ4n) is 7.33. The van der Waals surface area contributed by atoms with Crippen molar-refractivity contribution in [3.05, 3.63) is 12.2 Å². The summed E-state index contributed by atoms with van der Waals surface area (Å²) in [4.78, 5) is 0. The van der Waals surface area contributed by atoms with Crippen LogP contribution in [0.4, 0.5) is 0 Å². The minimum absolute atomic E-state index is 0.537. The Morgan fingerprint density at radius 2 is 2.00 bits per heavy atom. The number of fused-ring (bicyclic) bond motifs is 9.